The molecule has 2 nitrogen and oxygen atoms in total. The average Bonchev–Trinajstić information content (AvgIpc) is 2.67. The fraction of sp³-hybridized carbons (Fsp3) is 0.467. The molecule has 2 aromatic rings. The maximum absolute atomic E-state index is 6.26. The van der Waals surface area contributed by atoms with Crippen LogP contribution < -0.4 is 5.32 Å². The summed E-state index contributed by atoms with van der Waals surface area (Å²) in [4.78, 5) is 0. The van der Waals surface area contributed by atoms with Gasteiger partial charge in [-0.2, -0.15) is 0 Å². The Morgan fingerprint density at radius 3 is 3.06 bits per heavy atom. The van der Waals surface area contributed by atoms with Gasteiger partial charge in [-0.15, -0.1) is 0 Å². The first-order valence-corrected chi connectivity index (χ1v) is 7.09. The van der Waals surface area contributed by atoms with Crippen molar-refractivity contribution in [1.82, 2.24) is 9.88 Å². The maximum Gasteiger partial charge on any atom is 0.0661 e. The van der Waals surface area contributed by atoms with Gasteiger partial charge in [-0.05, 0) is 31.4 Å². The SMILES string of the molecule is Cn1cc(Cl)c2cccc(CC3CCCCN3)c21. The monoisotopic (exact) mass is 262 g/mol. The second-order valence-corrected chi connectivity index (χ2v) is 5.66. The smallest absolute Gasteiger partial charge is 0.0661 e. The Hall–Kier alpha value is -0.990. The van der Waals surface area contributed by atoms with Crippen molar-refractivity contribution in [3.05, 3.63) is 35.0 Å². The highest BCUT2D eigenvalue weighted by atomic mass is 35.5. The average molecular weight is 263 g/mol. The number of halogens is 1. The number of para-hydroxylation sites is 1. The fourth-order valence-corrected chi connectivity index (χ4v) is 3.33. The van der Waals surface area contributed by atoms with Crippen LogP contribution in [0.1, 0.15) is 24.8 Å². The van der Waals surface area contributed by atoms with E-state index in [2.05, 4.69) is 35.1 Å². The lowest BCUT2D eigenvalue weighted by Crippen LogP contribution is -2.35. The summed E-state index contributed by atoms with van der Waals surface area (Å²) in [6.45, 7) is 1.16. The van der Waals surface area contributed by atoms with E-state index in [9.17, 15) is 0 Å². The van der Waals surface area contributed by atoms with Crippen molar-refractivity contribution in [1.29, 1.82) is 0 Å². The quantitative estimate of drug-likeness (QED) is 0.876. The highest BCUT2D eigenvalue weighted by Gasteiger charge is 2.16. The number of hydrogen-bond donors (Lipinski definition) is 1. The number of fused-ring (bicyclic) bond motifs is 1. The van der Waals surface area contributed by atoms with Gasteiger partial charge in [-0.3, -0.25) is 0 Å². The first-order chi connectivity index (χ1) is 8.75. The minimum Gasteiger partial charge on any atom is -0.349 e. The molecule has 0 saturated carbocycles. The Kier molecular flexibility index (Phi) is 3.31. The zero-order chi connectivity index (χ0) is 12.5. The van der Waals surface area contributed by atoms with Crippen molar-refractivity contribution in [2.24, 2.45) is 7.05 Å². The van der Waals surface area contributed by atoms with Crippen molar-refractivity contribution in [2.45, 2.75) is 31.7 Å². The second-order valence-electron chi connectivity index (χ2n) is 5.25. The number of piperidine rings is 1. The van der Waals surface area contributed by atoms with E-state index in [-0.39, 0.29) is 0 Å². The minimum absolute atomic E-state index is 0.623. The number of benzene rings is 1. The predicted octanol–water partition coefficient (Wildman–Crippen LogP) is 3.52. The molecular weight excluding hydrogens is 244 g/mol. The third kappa shape index (κ3) is 2.15. The summed E-state index contributed by atoms with van der Waals surface area (Å²) in [5, 5.41) is 5.64. The number of nitrogens with zero attached hydrogens (tertiary/aromatic N) is 1. The molecule has 0 aliphatic carbocycles. The van der Waals surface area contributed by atoms with E-state index in [1.54, 1.807) is 0 Å². The molecule has 1 N–H and O–H groups in total. The largest absolute Gasteiger partial charge is 0.349 e. The van der Waals surface area contributed by atoms with Crippen LogP contribution in [0.3, 0.4) is 0 Å². The topological polar surface area (TPSA) is 17.0 Å². The molecule has 1 aliphatic heterocycles. The first kappa shape index (κ1) is 12.1. The number of rotatable bonds is 2. The first-order valence-electron chi connectivity index (χ1n) is 6.71. The van der Waals surface area contributed by atoms with Crippen LogP contribution in [0, 0.1) is 0 Å². The summed E-state index contributed by atoms with van der Waals surface area (Å²) >= 11 is 6.26. The molecular formula is C15H19ClN2. The summed E-state index contributed by atoms with van der Waals surface area (Å²) in [5.41, 5.74) is 2.69. The molecule has 1 unspecified atom stereocenters. The molecule has 1 aromatic heterocycles. The van der Waals surface area contributed by atoms with Gasteiger partial charge < -0.3 is 9.88 Å². The van der Waals surface area contributed by atoms with E-state index in [1.165, 1.54) is 35.7 Å². The van der Waals surface area contributed by atoms with Crippen molar-refractivity contribution in [3.8, 4) is 0 Å². The van der Waals surface area contributed by atoms with Gasteiger partial charge in [0.05, 0.1) is 10.5 Å². The summed E-state index contributed by atoms with van der Waals surface area (Å²) in [7, 11) is 2.08. The molecule has 0 spiro atoms. The van der Waals surface area contributed by atoms with Crippen molar-refractivity contribution >= 4 is 22.5 Å². The van der Waals surface area contributed by atoms with E-state index in [0.29, 0.717) is 6.04 Å². The van der Waals surface area contributed by atoms with E-state index in [0.717, 1.165) is 18.0 Å². The van der Waals surface area contributed by atoms with Gasteiger partial charge in [-0.1, -0.05) is 36.2 Å². The van der Waals surface area contributed by atoms with E-state index in [1.807, 2.05) is 6.20 Å². The predicted molar refractivity (Wildman–Crippen MR) is 77.3 cm³/mol. The van der Waals surface area contributed by atoms with Crippen LogP contribution in [0.15, 0.2) is 24.4 Å². The van der Waals surface area contributed by atoms with Crippen LogP contribution in [0.5, 0.6) is 0 Å². The zero-order valence-corrected chi connectivity index (χ0v) is 11.5. The zero-order valence-electron chi connectivity index (χ0n) is 10.7. The molecule has 18 heavy (non-hydrogen) atoms. The Morgan fingerprint density at radius 2 is 2.28 bits per heavy atom. The number of hydrogen-bond acceptors (Lipinski definition) is 1. The van der Waals surface area contributed by atoms with Crippen molar-refractivity contribution < 1.29 is 0 Å². The molecule has 0 amide bonds. The van der Waals surface area contributed by atoms with Gasteiger partial charge in [0.1, 0.15) is 0 Å². The number of nitrogens with one attached hydrogen (secondary N) is 1. The molecule has 1 saturated heterocycles. The van der Waals surface area contributed by atoms with Crippen LogP contribution in [0.2, 0.25) is 5.02 Å². The molecule has 1 fully saturated rings. The minimum atomic E-state index is 0.623. The van der Waals surface area contributed by atoms with Crippen molar-refractivity contribution in [3.63, 3.8) is 0 Å². The normalized spacial score (nSPS) is 20.4. The Balaban J connectivity index is 1.95. The van der Waals surface area contributed by atoms with Crippen LogP contribution in [0.25, 0.3) is 10.9 Å². The summed E-state index contributed by atoms with van der Waals surface area (Å²) < 4.78 is 2.15. The van der Waals surface area contributed by atoms with E-state index in [4.69, 9.17) is 11.6 Å². The van der Waals surface area contributed by atoms with Crippen molar-refractivity contribution in [2.75, 3.05) is 6.54 Å². The highest BCUT2D eigenvalue weighted by molar-refractivity contribution is 6.35. The lowest BCUT2D eigenvalue weighted by Gasteiger charge is -2.23. The molecule has 3 heteroatoms. The Morgan fingerprint density at radius 1 is 1.39 bits per heavy atom. The van der Waals surface area contributed by atoms with Gasteiger partial charge in [0.2, 0.25) is 0 Å². The summed E-state index contributed by atoms with van der Waals surface area (Å²) in [6.07, 6.45) is 7.06. The van der Waals surface area contributed by atoms with Gasteiger partial charge in [0, 0.05) is 24.7 Å². The third-order valence-electron chi connectivity index (χ3n) is 3.92. The number of aromatic nitrogens is 1. The Labute approximate surface area is 113 Å². The molecule has 2 heterocycles. The Bertz CT molecular complexity index is 553. The second kappa shape index (κ2) is 4.94. The summed E-state index contributed by atoms with van der Waals surface area (Å²) in [5.74, 6) is 0. The highest BCUT2D eigenvalue weighted by Crippen LogP contribution is 2.28. The number of aryl methyl sites for hydroxylation is 1. The van der Waals surface area contributed by atoms with E-state index < -0.39 is 0 Å². The standard InChI is InChI=1S/C15H19ClN2/c1-18-10-14(16)13-7-4-5-11(15(13)18)9-12-6-2-3-8-17-12/h4-5,7,10,12,17H,2-3,6,8-9H2,1H3. The molecule has 1 atom stereocenters. The molecule has 96 valence electrons. The van der Waals surface area contributed by atoms with Gasteiger partial charge >= 0.3 is 0 Å². The lowest BCUT2D eigenvalue weighted by atomic mass is 9.96. The molecule has 0 bridgehead atoms. The van der Waals surface area contributed by atoms with Gasteiger partial charge in [-0.25, -0.2) is 0 Å². The van der Waals surface area contributed by atoms with Crippen LogP contribution in [0.4, 0.5) is 0 Å². The lowest BCUT2D eigenvalue weighted by molar-refractivity contribution is 0.400. The van der Waals surface area contributed by atoms with Crippen LogP contribution in [-0.4, -0.2) is 17.2 Å². The summed E-state index contributed by atoms with van der Waals surface area (Å²) in [6, 6.07) is 7.08. The molecule has 3 rings (SSSR count). The van der Waals surface area contributed by atoms with Crippen LogP contribution >= 0.6 is 11.6 Å². The van der Waals surface area contributed by atoms with Gasteiger partial charge in [0.25, 0.3) is 0 Å². The van der Waals surface area contributed by atoms with Gasteiger partial charge in [0.15, 0.2) is 0 Å². The molecule has 0 radical (unpaired) electrons. The third-order valence-corrected chi connectivity index (χ3v) is 4.22. The molecule has 1 aliphatic rings. The van der Waals surface area contributed by atoms with E-state index >= 15 is 0 Å². The molecule has 1 aromatic carbocycles. The van der Waals surface area contributed by atoms with Crippen LogP contribution in [-0.2, 0) is 13.5 Å². The fourth-order valence-electron chi connectivity index (χ4n) is 3.03. The maximum atomic E-state index is 6.26.